The molecule has 20 heavy (non-hydrogen) atoms. The number of rotatable bonds is 4. The largest absolute Gasteiger partial charge is 0.309 e. The van der Waals surface area contributed by atoms with Crippen LogP contribution in [0.4, 0.5) is 0 Å². The molecule has 1 aromatic heterocycles. The number of hydrogen-bond acceptors (Lipinski definition) is 2. The lowest BCUT2D eigenvalue weighted by atomic mass is 9.76. The van der Waals surface area contributed by atoms with Crippen molar-refractivity contribution in [1.82, 2.24) is 5.32 Å². The Labute approximate surface area is 130 Å². The van der Waals surface area contributed by atoms with Crippen LogP contribution in [0.3, 0.4) is 0 Å². The second-order valence-corrected chi connectivity index (χ2v) is 7.47. The van der Waals surface area contributed by atoms with Crippen molar-refractivity contribution in [1.29, 1.82) is 0 Å². The number of thiophene rings is 1. The van der Waals surface area contributed by atoms with Gasteiger partial charge >= 0.3 is 0 Å². The predicted molar refractivity (Wildman–Crippen MR) is 87.8 cm³/mol. The molecule has 0 amide bonds. The fourth-order valence-electron chi connectivity index (χ4n) is 2.83. The lowest BCUT2D eigenvalue weighted by molar-refractivity contribution is 0.290. The average molecular weight is 306 g/mol. The highest BCUT2D eigenvalue weighted by Gasteiger charge is 2.30. The van der Waals surface area contributed by atoms with E-state index < -0.39 is 0 Å². The quantitative estimate of drug-likeness (QED) is 0.833. The van der Waals surface area contributed by atoms with Crippen LogP contribution < -0.4 is 5.32 Å². The summed E-state index contributed by atoms with van der Waals surface area (Å²) in [6.45, 7) is 5.38. The number of halogens is 1. The SMILES string of the molecule is Cc1cc(CNC2CC(c3ccccc3Cl)C2)sc1C. The Bertz CT molecular complexity index is 579. The molecule has 2 aromatic rings. The van der Waals surface area contributed by atoms with Crippen molar-refractivity contribution in [3.05, 3.63) is 56.2 Å². The van der Waals surface area contributed by atoms with Gasteiger partial charge in [0.2, 0.25) is 0 Å². The van der Waals surface area contributed by atoms with Gasteiger partial charge in [0.05, 0.1) is 0 Å². The van der Waals surface area contributed by atoms with Gasteiger partial charge in [0.25, 0.3) is 0 Å². The second-order valence-electron chi connectivity index (χ2n) is 5.72. The van der Waals surface area contributed by atoms with E-state index in [-0.39, 0.29) is 0 Å². The van der Waals surface area contributed by atoms with Crippen molar-refractivity contribution < 1.29 is 0 Å². The van der Waals surface area contributed by atoms with Crippen LogP contribution in [0.5, 0.6) is 0 Å². The second kappa shape index (κ2) is 5.88. The van der Waals surface area contributed by atoms with Gasteiger partial charge in [0.15, 0.2) is 0 Å². The Morgan fingerprint density at radius 1 is 1.25 bits per heavy atom. The van der Waals surface area contributed by atoms with Crippen LogP contribution in [0.15, 0.2) is 30.3 Å². The maximum absolute atomic E-state index is 6.25. The maximum atomic E-state index is 6.25. The molecule has 1 nitrogen and oxygen atoms in total. The van der Waals surface area contributed by atoms with Crippen molar-refractivity contribution in [2.24, 2.45) is 0 Å². The summed E-state index contributed by atoms with van der Waals surface area (Å²) in [4.78, 5) is 2.88. The summed E-state index contributed by atoms with van der Waals surface area (Å²) in [5.74, 6) is 0.632. The van der Waals surface area contributed by atoms with E-state index in [9.17, 15) is 0 Å². The lowest BCUT2D eigenvalue weighted by Gasteiger charge is -2.36. The molecule has 3 rings (SSSR count). The highest BCUT2D eigenvalue weighted by Crippen LogP contribution is 2.40. The Morgan fingerprint density at radius 2 is 2.00 bits per heavy atom. The first-order valence-electron chi connectivity index (χ1n) is 7.17. The Hall–Kier alpha value is -0.830. The van der Waals surface area contributed by atoms with Crippen LogP contribution in [0.25, 0.3) is 0 Å². The molecule has 1 fully saturated rings. The third kappa shape index (κ3) is 2.93. The monoisotopic (exact) mass is 305 g/mol. The molecule has 1 saturated carbocycles. The fraction of sp³-hybridized carbons (Fsp3) is 0.412. The molecule has 0 radical (unpaired) electrons. The minimum absolute atomic E-state index is 0.632. The highest BCUT2D eigenvalue weighted by molar-refractivity contribution is 7.12. The first kappa shape index (κ1) is 14.1. The smallest absolute Gasteiger partial charge is 0.0440 e. The van der Waals surface area contributed by atoms with Crippen LogP contribution in [0.2, 0.25) is 5.02 Å². The van der Waals surface area contributed by atoms with E-state index in [2.05, 4.69) is 37.4 Å². The van der Waals surface area contributed by atoms with Crippen molar-refractivity contribution in [2.45, 2.75) is 45.2 Å². The zero-order valence-electron chi connectivity index (χ0n) is 11.9. The van der Waals surface area contributed by atoms with Crippen LogP contribution in [0, 0.1) is 13.8 Å². The summed E-state index contributed by atoms with van der Waals surface area (Å²) in [5, 5.41) is 4.58. The fourth-order valence-corrected chi connectivity index (χ4v) is 4.12. The predicted octanol–water partition coefficient (Wildman–Crippen LogP) is 5.05. The Balaban J connectivity index is 1.50. The van der Waals surface area contributed by atoms with Crippen LogP contribution in [-0.4, -0.2) is 6.04 Å². The van der Waals surface area contributed by atoms with E-state index in [1.54, 1.807) is 0 Å². The molecule has 1 heterocycles. The molecule has 0 aliphatic heterocycles. The van der Waals surface area contributed by atoms with E-state index in [4.69, 9.17) is 11.6 Å². The van der Waals surface area contributed by atoms with Gasteiger partial charge in [-0.05, 0) is 55.9 Å². The molecule has 0 saturated heterocycles. The van der Waals surface area contributed by atoms with Gasteiger partial charge < -0.3 is 5.32 Å². The zero-order valence-corrected chi connectivity index (χ0v) is 13.5. The first-order chi connectivity index (χ1) is 9.63. The normalized spacial score (nSPS) is 21.8. The highest BCUT2D eigenvalue weighted by atomic mass is 35.5. The van der Waals surface area contributed by atoms with Crippen molar-refractivity contribution in [3.63, 3.8) is 0 Å². The minimum Gasteiger partial charge on any atom is -0.309 e. The molecular weight excluding hydrogens is 286 g/mol. The number of benzene rings is 1. The Morgan fingerprint density at radius 3 is 2.65 bits per heavy atom. The molecule has 1 N–H and O–H groups in total. The van der Waals surface area contributed by atoms with Gasteiger partial charge in [0.1, 0.15) is 0 Å². The molecular formula is C17H20ClNS. The van der Waals surface area contributed by atoms with E-state index in [1.165, 1.54) is 33.7 Å². The molecule has 0 atom stereocenters. The van der Waals surface area contributed by atoms with Crippen LogP contribution in [-0.2, 0) is 6.54 Å². The molecule has 3 heteroatoms. The molecule has 0 unspecified atom stereocenters. The summed E-state index contributed by atoms with van der Waals surface area (Å²) in [6.07, 6.45) is 2.40. The van der Waals surface area contributed by atoms with Crippen molar-refractivity contribution in [2.75, 3.05) is 0 Å². The van der Waals surface area contributed by atoms with Gasteiger partial charge in [-0.2, -0.15) is 0 Å². The van der Waals surface area contributed by atoms with E-state index in [0.29, 0.717) is 12.0 Å². The van der Waals surface area contributed by atoms with E-state index >= 15 is 0 Å². The topological polar surface area (TPSA) is 12.0 Å². The molecule has 0 bridgehead atoms. The number of nitrogens with one attached hydrogen (secondary N) is 1. The van der Waals surface area contributed by atoms with Gasteiger partial charge in [-0.1, -0.05) is 29.8 Å². The van der Waals surface area contributed by atoms with E-state index in [0.717, 1.165) is 11.6 Å². The third-order valence-electron chi connectivity index (χ3n) is 4.27. The van der Waals surface area contributed by atoms with Gasteiger partial charge in [-0.3, -0.25) is 0 Å². The molecule has 1 aromatic carbocycles. The van der Waals surface area contributed by atoms with Gasteiger partial charge in [-0.15, -0.1) is 11.3 Å². The number of hydrogen-bond donors (Lipinski definition) is 1. The molecule has 1 aliphatic rings. The zero-order chi connectivity index (χ0) is 14.1. The summed E-state index contributed by atoms with van der Waals surface area (Å²) in [5.41, 5.74) is 2.73. The summed E-state index contributed by atoms with van der Waals surface area (Å²) < 4.78 is 0. The summed E-state index contributed by atoms with van der Waals surface area (Å²) in [6, 6.07) is 11.2. The van der Waals surface area contributed by atoms with Crippen LogP contribution >= 0.6 is 22.9 Å². The standard InChI is InChI=1S/C17H20ClNS/c1-11-7-15(20-12(11)2)10-19-14-8-13(9-14)16-5-3-4-6-17(16)18/h3-7,13-14,19H,8-10H2,1-2H3. The summed E-state index contributed by atoms with van der Waals surface area (Å²) in [7, 11) is 0. The Kier molecular flexibility index (Phi) is 4.16. The van der Waals surface area contributed by atoms with E-state index in [1.807, 2.05) is 23.5 Å². The molecule has 1 aliphatic carbocycles. The van der Waals surface area contributed by atoms with Crippen molar-refractivity contribution >= 4 is 22.9 Å². The molecule has 106 valence electrons. The average Bonchev–Trinajstić information content (AvgIpc) is 2.69. The first-order valence-corrected chi connectivity index (χ1v) is 8.36. The van der Waals surface area contributed by atoms with Gasteiger partial charge in [-0.25, -0.2) is 0 Å². The lowest BCUT2D eigenvalue weighted by Crippen LogP contribution is -2.39. The minimum atomic E-state index is 0.632. The third-order valence-corrected chi connectivity index (χ3v) is 5.76. The number of aryl methyl sites for hydroxylation is 2. The van der Waals surface area contributed by atoms with Gasteiger partial charge in [0, 0.05) is 27.4 Å². The summed E-state index contributed by atoms with van der Waals surface area (Å²) >= 11 is 8.16. The van der Waals surface area contributed by atoms with Crippen molar-refractivity contribution in [3.8, 4) is 0 Å². The van der Waals surface area contributed by atoms with Crippen LogP contribution in [0.1, 0.15) is 39.6 Å². The molecule has 0 spiro atoms. The maximum Gasteiger partial charge on any atom is 0.0440 e.